The molecule has 5 rings (SSSR count). The van der Waals surface area contributed by atoms with Gasteiger partial charge in [-0.3, -0.25) is 0 Å². The molecule has 1 atom stereocenters. The van der Waals surface area contributed by atoms with Crippen molar-refractivity contribution >= 4 is 16.3 Å². The van der Waals surface area contributed by atoms with Crippen LogP contribution in [-0.4, -0.2) is 5.11 Å². The predicted octanol–water partition coefficient (Wildman–Crippen LogP) is 7.58. The van der Waals surface area contributed by atoms with Gasteiger partial charge in [0, 0.05) is 11.1 Å². The van der Waals surface area contributed by atoms with Crippen molar-refractivity contribution in [1.82, 2.24) is 0 Å². The molecular formula is C31H26O. The second-order valence-corrected chi connectivity index (χ2v) is 8.42. The molecule has 0 bridgehead atoms. The molecule has 0 saturated carbocycles. The van der Waals surface area contributed by atoms with Crippen LogP contribution in [0.25, 0.3) is 27.5 Å². The lowest BCUT2D eigenvalue weighted by atomic mass is 9.78. The Labute approximate surface area is 189 Å². The van der Waals surface area contributed by atoms with Gasteiger partial charge in [0.2, 0.25) is 0 Å². The molecule has 4 aromatic rings. The normalized spacial score (nSPS) is 19.2. The van der Waals surface area contributed by atoms with E-state index in [1.165, 1.54) is 5.56 Å². The topological polar surface area (TPSA) is 20.2 Å². The SMILES string of the molecule is C=C1/C(=C\C=C/C)C(O)(c2ccccc2-c2ccccc2)c2c1ccc1cc(C)ccc21. The molecule has 0 heterocycles. The smallest absolute Gasteiger partial charge is 0.142 e. The third-order valence-corrected chi connectivity index (χ3v) is 6.43. The van der Waals surface area contributed by atoms with E-state index in [9.17, 15) is 5.11 Å². The molecule has 1 unspecified atom stereocenters. The third kappa shape index (κ3) is 2.97. The van der Waals surface area contributed by atoms with Crippen molar-refractivity contribution in [2.24, 2.45) is 0 Å². The zero-order chi connectivity index (χ0) is 22.3. The van der Waals surface area contributed by atoms with E-state index in [0.29, 0.717) is 0 Å². The molecule has 4 aromatic carbocycles. The number of allylic oxidation sites excluding steroid dienone is 3. The molecule has 1 heteroatoms. The number of benzene rings is 4. The largest absolute Gasteiger partial charge is 0.376 e. The second-order valence-electron chi connectivity index (χ2n) is 8.42. The molecule has 1 aliphatic rings. The van der Waals surface area contributed by atoms with E-state index in [-0.39, 0.29) is 0 Å². The molecule has 1 N–H and O–H groups in total. The fraction of sp³-hybridized carbons (Fsp3) is 0.0968. The average molecular weight is 415 g/mol. The summed E-state index contributed by atoms with van der Waals surface area (Å²) in [5.41, 5.74) is 6.47. The third-order valence-electron chi connectivity index (χ3n) is 6.43. The molecule has 156 valence electrons. The van der Waals surface area contributed by atoms with Gasteiger partial charge in [-0.15, -0.1) is 0 Å². The maximum atomic E-state index is 12.7. The summed E-state index contributed by atoms with van der Waals surface area (Å²) in [6.45, 7) is 8.50. The van der Waals surface area contributed by atoms with E-state index in [0.717, 1.165) is 49.7 Å². The summed E-state index contributed by atoms with van der Waals surface area (Å²) >= 11 is 0. The van der Waals surface area contributed by atoms with Crippen LogP contribution in [-0.2, 0) is 5.60 Å². The molecule has 1 aliphatic carbocycles. The maximum absolute atomic E-state index is 12.7. The van der Waals surface area contributed by atoms with E-state index >= 15 is 0 Å². The van der Waals surface area contributed by atoms with Crippen molar-refractivity contribution in [3.05, 3.63) is 138 Å². The van der Waals surface area contributed by atoms with Gasteiger partial charge in [-0.1, -0.05) is 115 Å². The Bertz CT molecular complexity index is 1410. The predicted molar refractivity (Wildman–Crippen MR) is 135 cm³/mol. The molecule has 32 heavy (non-hydrogen) atoms. The van der Waals surface area contributed by atoms with Crippen LogP contribution in [0.1, 0.15) is 29.2 Å². The zero-order valence-corrected chi connectivity index (χ0v) is 18.5. The molecule has 0 aromatic heterocycles. The minimum atomic E-state index is -1.31. The Hall–Kier alpha value is -3.68. The fourth-order valence-corrected chi connectivity index (χ4v) is 4.95. The van der Waals surface area contributed by atoms with Gasteiger partial charge >= 0.3 is 0 Å². The lowest BCUT2D eigenvalue weighted by Crippen LogP contribution is -2.27. The number of fused-ring (bicyclic) bond motifs is 3. The average Bonchev–Trinajstić information content (AvgIpc) is 3.05. The van der Waals surface area contributed by atoms with E-state index in [2.05, 4.69) is 62.0 Å². The molecular weight excluding hydrogens is 388 g/mol. The number of aryl methyl sites for hydroxylation is 1. The number of aliphatic hydroxyl groups is 1. The van der Waals surface area contributed by atoms with Crippen LogP contribution < -0.4 is 0 Å². The van der Waals surface area contributed by atoms with Gasteiger partial charge in [0.05, 0.1) is 0 Å². The van der Waals surface area contributed by atoms with Crippen LogP contribution in [0, 0.1) is 6.92 Å². The van der Waals surface area contributed by atoms with Gasteiger partial charge in [0.15, 0.2) is 0 Å². The highest BCUT2D eigenvalue weighted by Gasteiger charge is 2.47. The van der Waals surface area contributed by atoms with Crippen LogP contribution in [0.15, 0.2) is 115 Å². The van der Waals surface area contributed by atoms with Crippen LogP contribution in [0.3, 0.4) is 0 Å². The molecule has 0 saturated heterocycles. The monoisotopic (exact) mass is 414 g/mol. The van der Waals surface area contributed by atoms with Crippen LogP contribution in [0.4, 0.5) is 0 Å². The summed E-state index contributed by atoms with van der Waals surface area (Å²) in [6.07, 6.45) is 5.97. The van der Waals surface area contributed by atoms with Gasteiger partial charge in [-0.25, -0.2) is 0 Å². The number of rotatable bonds is 3. The minimum absolute atomic E-state index is 0.821. The summed E-state index contributed by atoms with van der Waals surface area (Å²) in [6, 6.07) is 29.1. The Kier molecular flexibility index (Phi) is 4.92. The molecule has 0 aliphatic heterocycles. The standard InChI is InChI=1S/C31H26O/c1-4-5-14-28-22(3)25-19-17-24-20-21(2)16-18-27(24)30(25)31(28,32)29-15-10-9-13-26(29)23-11-7-6-8-12-23/h4-20,32H,3H2,1-2H3/b5-4-,28-14+. The minimum Gasteiger partial charge on any atom is -0.376 e. The summed E-state index contributed by atoms with van der Waals surface area (Å²) in [7, 11) is 0. The summed E-state index contributed by atoms with van der Waals surface area (Å²) in [5.74, 6) is 0. The van der Waals surface area contributed by atoms with Gasteiger partial charge in [0.25, 0.3) is 0 Å². The van der Waals surface area contributed by atoms with Crippen molar-refractivity contribution in [2.45, 2.75) is 19.4 Å². The molecule has 1 nitrogen and oxygen atoms in total. The quantitative estimate of drug-likeness (QED) is 0.366. The van der Waals surface area contributed by atoms with E-state index in [4.69, 9.17) is 0 Å². The Morgan fingerprint density at radius 1 is 0.844 bits per heavy atom. The zero-order valence-electron chi connectivity index (χ0n) is 18.5. The van der Waals surface area contributed by atoms with Crippen LogP contribution in [0.5, 0.6) is 0 Å². The molecule has 0 fully saturated rings. The van der Waals surface area contributed by atoms with E-state index < -0.39 is 5.60 Å². The highest BCUT2D eigenvalue weighted by atomic mass is 16.3. The first-order valence-electron chi connectivity index (χ1n) is 11.0. The van der Waals surface area contributed by atoms with Gasteiger partial charge in [-0.05, 0) is 52.5 Å². The Morgan fingerprint density at radius 3 is 2.38 bits per heavy atom. The number of hydrogen-bond acceptors (Lipinski definition) is 1. The fourth-order valence-electron chi connectivity index (χ4n) is 4.95. The Balaban J connectivity index is 1.90. The second kappa shape index (κ2) is 7.78. The highest BCUT2D eigenvalue weighted by molar-refractivity contribution is 6.01. The Morgan fingerprint density at radius 2 is 1.59 bits per heavy atom. The first kappa shape index (κ1) is 20.2. The molecule has 0 spiro atoms. The van der Waals surface area contributed by atoms with Crippen molar-refractivity contribution < 1.29 is 5.11 Å². The first-order valence-corrected chi connectivity index (χ1v) is 11.0. The van der Waals surface area contributed by atoms with Crippen LogP contribution in [0.2, 0.25) is 0 Å². The van der Waals surface area contributed by atoms with Crippen molar-refractivity contribution in [3.8, 4) is 11.1 Å². The lowest BCUT2D eigenvalue weighted by Gasteiger charge is -2.30. The summed E-state index contributed by atoms with van der Waals surface area (Å²) < 4.78 is 0. The van der Waals surface area contributed by atoms with Crippen molar-refractivity contribution in [2.75, 3.05) is 0 Å². The van der Waals surface area contributed by atoms with Crippen LogP contribution >= 0.6 is 0 Å². The van der Waals surface area contributed by atoms with E-state index in [1.54, 1.807) is 0 Å². The summed E-state index contributed by atoms with van der Waals surface area (Å²) in [5, 5.41) is 14.9. The maximum Gasteiger partial charge on any atom is 0.142 e. The number of hydrogen-bond donors (Lipinski definition) is 1. The van der Waals surface area contributed by atoms with Crippen molar-refractivity contribution in [1.29, 1.82) is 0 Å². The lowest BCUT2D eigenvalue weighted by molar-refractivity contribution is 0.133. The van der Waals surface area contributed by atoms with Crippen molar-refractivity contribution in [3.63, 3.8) is 0 Å². The first-order chi connectivity index (χ1) is 15.6. The van der Waals surface area contributed by atoms with Gasteiger partial charge in [-0.2, -0.15) is 0 Å². The van der Waals surface area contributed by atoms with Gasteiger partial charge in [0.1, 0.15) is 5.60 Å². The summed E-state index contributed by atoms with van der Waals surface area (Å²) in [4.78, 5) is 0. The van der Waals surface area contributed by atoms with E-state index in [1.807, 2.05) is 61.5 Å². The van der Waals surface area contributed by atoms with Gasteiger partial charge < -0.3 is 5.11 Å². The molecule has 0 amide bonds. The molecule has 0 radical (unpaired) electrons. The highest BCUT2D eigenvalue weighted by Crippen LogP contribution is 2.55.